The fraction of sp³-hybridized carbons (Fsp3) is 0.385. The standard InChI is InChI=1S/C13H14F3N3O2S/c1-18(12(20)10-5-9(21-2)7-22-10)6-11-17-3-4-19(11)8-13(14,15)16/h3-5,7H,6,8H2,1-2H3. The van der Waals surface area contributed by atoms with Crippen LogP contribution < -0.4 is 4.74 Å². The molecule has 2 aromatic rings. The highest BCUT2D eigenvalue weighted by molar-refractivity contribution is 7.12. The van der Waals surface area contributed by atoms with Gasteiger partial charge in [0, 0.05) is 30.9 Å². The van der Waals surface area contributed by atoms with Crippen molar-refractivity contribution in [3.63, 3.8) is 0 Å². The summed E-state index contributed by atoms with van der Waals surface area (Å²) in [5.41, 5.74) is 0. The van der Waals surface area contributed by atoms with E-state index >= 15 is 0 Å². The molecule has 0 atom stereocenters. The van der Waals surface area contributed by atoms with Crippen LogP contribution >= 0.6 is 11.3 Å². The molecule has 0 spiro atoms. The molecule has 5 nitrogen and oxygen atoms in total. The number of methoxy groups -OCH3 is 1. The molecule has 0 aromatic carbocycles. The number of alkyl halides is 3. The Kier molecular flexibility index (Phi) is 4.74. The average molecular weight is 333 g/mol. The van der Waals surface area contributed by atoms with Crippen molar-refractivity contribution in [1.29, 1.82) is 0 Å². The summed E-state index contributed by atoms with van der Waals surface area (Å²) in [5, 5.41) is 1.69. The molecule has 9 heteroatoms. The van der Waals surface area contributed by atoms with Crippen LogP contribution in [0.2, 0.25) is 0 Å². The Labute approximate surface area is 128 Å². The molecule has 0 radical (unpaired) electrons. The summed E-state index contributed by atoms with van der Waals surface area (Å²) >= 11 is 1.21. The van der Waals surface area contributed by atoms with E-state index in [2.05, 4.69) is 4.98 Å². The van der Waals surface area contributed by atoms with E-state index in [1.165, 1.54) is 42.8 Å². The van der Waals surface area contributed by atoms with Gasteiger partial charge in [0.2, 0.25) is 0 Å². The van der Waals surface area contributed by atoms with Crippen molar-refractivity contribution in [3.8, 4) is 5.75 Å². The first kappa shape index (κ1) is 16.3. The van der Waals surface area contributed by atoms with Crippen molar-refractivity contribution >= 4 is 17.2 Å². The number of carbonyl (C=O) groups is 1. The minimum Gasteiger partial charge on any atom is -0.496 e. The number of hydrogen-bond acceptors (Lipinski definition) is 4. The van der Waals surface area contributed by atoms with Crippen LogP contribution in [0.5, 0.6) is 5.75 Å². The molecule has 22 heavy (non-hydrogen) atoms. The highest BCUT2D eigenvalue weighted by Crippen LogP contribution is 2.23. The van der Waals surface area contributed by atoms with Gasteiger partial charge in [-0.15, -0.1) is 11.3 Å². The van der Waals surface area contributed by atoms with Gasteiger partial charge in [-0.25, -0.2) is 4.98 Å². The molecule has 0 aliphatic rings. The smallest absolute Gasteiger partial charge is 0.406 e. The van der Waals surface area contributed by atoms with Crippen molar-refractivity contribution in [2.45, 2.75) is 19.3 Å². The summed E-state index contributed by atoms with van der Waals surface area (Å²) in [4.78, 5) is 17.9. The Balaban J connectivity index is 2.07. The van der Waals surface area contributed by atoms with E-state index in [4.69, 9.17) is 4.74 Å². The third-order valence-electron chi connectivity index (χ3n) is 2.90. The first-order chi connectivity index (χ1) is 10.3. The van der Waals surface area contributed by atoms with E-state index in [9.17, 15) is 18.0 Å². The first-order valence-electron chi connectivity index (χ1n) is 6.25. The Morgan fingerprint density at radius 3 is 2.82 bits per heavy atom. The molecule has 2 heterocycles. The maximum atomic E-state index is 12.5. The summed E-state index contributed by atoms with van der Waals surface area (Å²) in [6.07, 6.45) is -1.80. The minimum atomic E-state index is -4.33. The molecule has 0 saturated heterocycles. The number of imidazole rings is 1. The molecule has 0 bridgehead atoms. The minimum absolute atomic E-state index is 0.0118. The molecule has 2 aromatic heterocycles. The first-order valence-corrected chi connectivity index (χ1v) is 7.13. The second-order valence-electron chi connectivity index (χ2n) is 4.60. The van der Waals surface area contributed by atoms with Crippen LogP contribution in [0, 0.1) is 0 Å². The lowest BCUT2D eigenvalue weighted by Crippen LogP contribution is -2.28. The molecule has 0 aliphatic heterocycles. The van der Waals surface area contributed by atoms with Gasteiger partial charge < -0.3 is 14.2 Å². The monoisotopic (exact) mass is 333 g/mol. The van der Waals surface area contributed by atoms with Gasteiger partial charge in [-0.2, -0.15) is 13.2 Å². The lowest BCUT2D eigenvalue weighted by molar-refractivity contribution is -0.141. The third kappa shape index (κ3) is 4.00. The number of ether oxygens (including phenoxy) is 1. The van der Waals surface area contributed by atoms with Crippen LogP contribution in [0.4, 0.5) is 13.2 Å². The number of aromatic nitrogens is 2. The summed E-state index contributed by atoms with van der Waals surface area (Å²) < 4.78 is 43.4. The lowest BCUT2D eigenvalue weighted by atomic mass is 10.4. The van der Waals surface area contributed by atoms with Gasteiger partial charge in [-0.3, -0.25) is 4.79 Å². The van der Waals surface area contributed by atoms with Crippen LogP contribution in [0.1, 0.15) is 15.5 Å². The van der Waals surface area contributed by atoms with Crippen LogP contribution in [-0.4, -0.2) is 40.7 Å². The molecular formula is C13H14F3N3O2S. The Morgan fingerprint density at radius 1 is 1.50 bits per heavy atom. The van der Waals surface area contributed by atoms with Crippen molar-refractivity contribution in [3.05, 3.63) is 34.5 Å². The summed E-state index contributed by atoms with van der Waals surface area (Å²) in [7, 11) is 3.01. The maximum Gasteiger partial charge on any atom is 0.406 e. The van der Waals surface area contributed by atoms with E-state index < -0.39 is 12.7 Å². The largest absolute Gasteiger partial charge is 0.496 e. The SMILES string of the molecule is COc1csc(C(=O)N(C)Cc2nccn2CC(F)(F)F)c1. The van der Waals surface area contributed by atoms with Crippen molar-refractivity contribution in [2.24, 2.45) is 0 Å². The average Bonchev–Trinajstić information content (AvgIpc) is 3.06. The zero-order valence-electron chi connectivity index (χ0n) is 11.9. The molecule has 120 valence electrons. The number of hydrogen-bond donors (Lipinski definition) is 0. The molecule has 0 fully saturated rings. The van der Waals surface area contributed by atoms with Crippen molar-refractivity contribution in [2.75, 3.05) is 14.2 Å². The normalized spacial score (nSPS) is 11.5. The predicted molar refractivity (Wildman–Crippen MR) is 75.0 cm³/mol. The summed E-state index contributed by atoms with van der Waals surface area (Å²) in [6.45, 7) is -1.14. The van der Waals surface area contributed by atoms with Gasteiger partial charge in [0.15, 0.2) is 0 Å². The predicted octanol–water partition coefficient (Wildman–Crippen LogP) is 2.79. The number of halogens is 3. The number of rotatable bonds is 5. The zero-order chi connectivity index (χ0) is 16.3. The molecule has 0 unspecified atom stereocenters. The molecule has 0 aliphatic carbocycles. The number of nitrogens with zero attached hydrogens (tertiary/aromatic N) is 3. The second-order valence-corrected chi connectivity index (χ2v) is 5.51. The van der Waals surface area contributed by atoms with Crippen LogP contribution in [0.25, 0.3) is 0 Å². The third-order valence-corrected chi connectivity index (χ3v) is 3.80. The van der Waals surface area contributed by atoms with E-state index in [1.807, 2.05) is 0 Å². The van der Waals surface area contributed by atoms with Gasteiger partial charge in [-0.1, -0.05) is 0 Å². The highest BCUT2D eigenvalue weighted by Gasteiger charge is 2.29. The fourth-order valence-electron chi connectivity index (χ4n) is 1.84. The molecule has 0 N–H and O–H groups in total. The molecule has 1 amide bonds. The number of amides is 1. The summed E-state index contributed by atoms with van der Waals surface area (Å²) in [6, 6.07) is 1.59. The van der Waals surface area contributed by atoms with E-state index in [1.54, 1.807) is 11.4 Å². The number of carbonyl (C=O) groups excluding carboxylic acids is 1. The Bertz CT molecular complexity index is 651. The van der Waals surface area contributed by atoms with Gasteiger partial charge in [0.25, 0.3) is 5.91 Å². The van der Waals surface area contributed by atoms with E-state index in [0.717, 1.165) is 4.57 Å². The summed E-state index contributed by atoms with van der Waals surface area (Å²) in [5.74, 6) is 0.451. The lowest BCUT2D eigenvalue weighted by Gasteiger charge is -2.17. The van der Waals surface area contributed by atoms with Crippen LogP contribution in [0.15, 0.2) is 23.8 Å². The molecule has 0 saturated carbocycles. The van der Waals surface area contributed by atoms with Crippen LogP contribution in [0.3, 0.4) is 0 Å². The second kappa shape index (κ2) is 6.39. The van der Waals surface area contributed by atoms with Crippen molar-refractivity contribution in [1.82, 2.24) is 14.5 Å². The fourth-order valence-corrected chi connectivity index (χ4v) is 2.69. The van der Waals surface area contributed by atoms with E-state index in [0.29, 0.717) is 10.6 Å². The van der Waals surface area contributed by atoms with Gasteiger partial charge in [0.1, 0.15) is 18.1 Å². The topological polar surface area (TPSA) is 47.4 Å². The maximum absolute atomic E-state index is 12.5. The quantitative estimate of drug-likeness (QED) is 0.845. The van der Waals surface area contributed by atoms with Gasteiger partial charge >= 0.3 is 6.18 Å². The van der Waals surface area contributed by atoms with Gasteiger partial charge in [-0.05, 0) is 0 Å². The van der Waals surface area contributed by atoms with Crippen molar-refractivity contribution < 1.29 is 22.7 Å². The van der Waals surface area contributed by atoms with Gasteiger partial charge in [0.05, 0.1) is 18.5 Å². The number of thiophene rings is 1. The zero-order valence-corrected chi connectivity index (χ0v) is 12.7. The highest BCUT2D eigenvalue weighted by atomic mass is 32.1. The Hall–Kier alpha value is -2.03. The molecular weight excluding hydrogens is 319 g/mol. The van der Waals surface area contributed by atoms with Crippen LogP contribution in [-0.2, 0) is 13.1 Å². The Morgan fingerprint density at radius 2 is 2.23 bits per heavy atom. The molecule has 2 rings (SSSR count). The van der Waals surface area contributed by atoms with E-state index in [-0.39, 0.29) is 18.3 Å².